The molecular formula is C13H15NO5S. The van der Waals surface area contributed by atoms with Crippen molar-refractivity contribution in [1.82, 2.24) is 4.72 Å². The molecule has 20 heavy (non-hydrogen) atoms. The Hall–Kier alpha value is -2.04. The number of sulfonamides is 1. The van der Waals surface area contributed by atoms with E-state index in [1.807, 2.05) is 0 Å². The molecule has 1 aromatic rings. The van der Waals surface area contributed by atoms with E-state index in [4.69, 9.17) is 16.3 Å². The fourth-order valence-electron chi connectivity index (χ4n) is 1.45. The molecule has 0 amide bonds. The summed E-state index contributed by atoms with van der Waals surface area (Å²) >= 11 is 0. The molecule has 0 spiro atoms. The number of rotatable bonds is 5. The van der Waals surface area contributed by atoms with Crippen molar-refractivity contribution in [3.63, 3.8) is 0 Å². The summed E-state index contributed by atoms with van der Waals surface area (Å²) in [5.74, 6) is 1.09. The van der Waals surface area contributed by atoms with Crippen LogP contribution in [0.1, 0.15) is 24.2 Å². The highest BCUT2D eigenvalue weighted by atomic mass is 32.2. The van der Waals surface area contributed by atoms with Crippen LogP contribution in [0.3, 0.4) is 0 Å². The number of hydrogen-bond acceptors (Lipinski definition) is 4. The predicted molar refractivity (Wildman–Crippen MR) is 73.2 cm³/mol. The number of methoxy groups -OCH3 is 1. The van der Waals surface area contributed by atoms with Gasteiger partial charge in [-0.2, -0.15) is 4.72 Å². The Morgan fingerprint density at radius 1 is 1.45 bits per heavy atom. The summed E-state index contributed by atoms with van der Waals surface area (Å²) in [7, 11) is -2.62. The van der Waals surface area contributed by atoms with E-state index in [0.29, 0.717) is 0 Å². The van der Waals surface area contributed by atoms with Crippen molar-refractivity contribution in [2.75, 3.05) is 7.11 Å². The van der Waals surface area contributed by atoms with E-state index in [1.54, 1.807) is 0 Å². The Labute approximate surface area is 117 Å². The number of carboxylic acid groups (broad SMARTS) is 1. The van der Waals surface area contributed by atoms with Gasteiger partial charge in [-0.05, 0) is 32.0 Å². The van der Waals surface area contributed by atoms with Crippen LogP contribution in [0.4, 0.5) is 0 Å². The number of hydrogen-bond donors (Lipinski definition) is 2. The number of nitrogens with one attached hydrogen (secondary N) is 1. The monoisotopic (exact) mass is 297 g/mol. The Kier molecular flexibility index (Phi) is 4.43. The fraction of sp³-hybridized carbons (Fsp3) is 0.308. The molecular weight excluding hydrogens is 282 g/mol. The zero-order chi connectivity index (χ0) is 15.6. The van der Waals surface area contributed by atoms with Gasteiger partial charge in [-0.25, -0.2) is 13.2 Å². The van der Waals surface area contributed by atoms with E-state index in [0.717, 1.165) is 6.07 Å². The van der Waals surface area contributed by atoms with Gasteiger partial charge in [0.1, 0.15) is 11.3 Å². The topological polar surface area (TPSA) is 92.7 Å². The van der Waals surface area contributed by atoms with Crippen molar-refractivity contribution in [3.8, 4) is 18.1 Å². The SMILES string of the molecule is C#CC(C)(C)NS(=O)(=O)c1ccc(OC)c(C(=O)O)c1. The van der Waals surface area contributed by atoms with Crippen molar-refractivity contribution in [3.05, 3.63) is 23.8 Å². The van der Waals surface area contributed by atoms with Crippen LogP contribution in [0.25, 0.3) is 0 Å². The average molecular weight is 297 g/mol. The van der Waals surface area contributed by atoms with Crippen molar-refractivity contribution < 1.29 is 23.1 Å². The van der Waals surface area contributed by atoms with E-state index in [1.165, 1.54) is 33.1 Å². The fourth-order valence-corrected chi connectivity index (χ4v) is 2.81. The Morgan fingerprint density at radius 2 is 2.05 bits per heavy atom. The van der Waals surface area contributed by atoms with E-state index in [-0.39, 0.29) is 16.2 Å². The molecule has 0 bridgehead atoms. The van der Waals surface area contributed by atoms with Crippen LogP contribution in [-0.2, 0) is 10.0 Å². The van der Waals surface area contributed by atoms with E-state index >= 15 is 0 Å². The summed E-state index contributed by atoms with van der Waals surface area (Å²) in [4.78, 5) is 10.9. The van der Waals surface area contributed by atoms with Gasteiger partial charge in [-0.3, -0.25) is 0 Å². The molecule has 6 nitrogen and oxygen atoms in total. The van der Waals surface area contributed by atoms with Gasteiger partial charge >= 0.3 is 5.97 Å². The van der Waals surface area contributed by atoms with Gasteiger partial charge in [-0.15, -0.1) is 6.42 Å². The lowest BCUT2D eigenvalue weighted by Crippen LogP contribution is -2.42. The minimum atomic E-state index is -3.92. The van der Waals surface area contributed by atoms with Crippen LogP contribution in [0.15, 0.2) is 23.1 Å². The second-order valence-electron chi connectivity index (χ2n) is 4.54. The van der Waals surface area contributed by atoms with Gasteiger partial charge in [0.2, 0.25) is 10.0 Å². The third kappa shape index (κ3) is 3.50. The average Bonchev–Trinajstić information content (AvgIpc) is 2.36. The molecule has 0 unspecified atom stereocenters. The summed E-state index contributed by atoms with van der Waals surface area (Å²) in [6, 6.07) is 3.55. The summed E-state index contributed by atoms with van der Waals surface area (Å²) in [6.45, 7) is 3.04. The number of aromatic carboxylic acids is 1. The predicted octanol–water partition coefficient (Wildman–Crippen LogP) is 1.08. The smallest absolute Gasteiger partial charge is 0.339 e. The zero-order valence-corrected chi connectivity index (χ0v) is 12.1. The lowest BCUT2D eigenvalue weighted by Gasteiger charge is -2.19. The summed E-state index contributed by atoms with van der Waals surface area (Å²) in [5, 5.41) is 9.04. The van der Waals surface area contributed by atoms with Crippen molar-refractivity contribution in [2.45, 2.75) is 24.3 Å². The third-order valence-corrected chi connectivity index (χ3v) is 4.12. The lowest BCUT2D eigenvalue weighted by atomic mass is 10.1. The molecule has 0 atom stereocenters. The highest BCUT2D eigenvalue weighted by Crippen LogP contribution is 2.23. The molecule has 0 aliphatic rings. The molecule has 0 heterocycles. The standard InChI is InChI=1S/C13H15NO5S/c1-5-13(2,3)14-20(17,18)9-6-7-11(19-4)10(8-9)12(15)16/h1,6-8,14H,2-4H3,(H,15,16). The number of ether oxygens (including phenoxy) is 1. The minimum absolute atomic E-state index is 0.0765. The van der Waals surface area contributed by atoms with Crippen LogP contribution in [0.5, 0.6) is 5.75 Å². The first-order valence-corrected chi connectivity index (χ1v) is 7.04. The van der Waals surface area contributed by atoms with Crippen LogP contribution in [0, 0.1) is 12.3 Å². The Balaban J connectivity index is 3.31. The highest BCUT2D eigenvalue weighted by Gasteiger charge is 2.25. The number of carboxylic acids is 1. The molecule has 0 aliphatic heterocycles. The Morgan fingerprint density at radius 3 is 2.50 bits per heavy atom. The summed E-state index contributed by atoms with van der Waals surface area (Å²) in [6.07, 6.45) is 5.22. The van der Waals surface area contributed by atoms with Gasteiger partial charge in [0.05, 0.1) is 17.5 Å². The molecule has 1 rings (SSSR count). The normalized spacial score (nSPS) is 11.7. The first-order valence-electron chi connectivity index (χ1n) is 5.56. The minimum Gasteiger partial charge on any atom is -0.496 e. The first-order chi connectivity index (χ1) is 9.13. The maximum atomic E-state index is 12.1. The molecule has 2 N–H and O–H groups in total. The third-order valence-electron chi connectivity index (χ3n) is 2.46. The summed E-state index contributed by atoms with van der Waals surface area (Å²) < 4.78 is 31.5. The highest BCUT2D eigenvalue weighted by molar-refractivity contribution is 7.89. The molecule has 0 radical (unpaired) electrons. The molecule has 108 valence electrons. The van der Waals surface area contributed by atoms with Crippen molar-refractivity contribution in [2.24, 2.45) is 0 Å². The molecule has 0 saturated heterocycles. The van der Waals surface area contributed by atoms with Gasteiger partial charge in [-0.1, -0.05) is 5.92 Å². The second kappa shape index (κ2) is 5.53. The summed E-state index contributed by atoms with van der Waals surface area (Å²) in [5.41, 5.74) is -1.32. The first kappa shape index (κ1) is 16.0. The van der Waals surface area contributed by atoms with Crippen molar-refractivity contribution >= 4 is 16.0 Å². The van der Waals surface area contributed by atoms with E-state index < -0.39 is 21.5 Å². The number of carbonyl (C=O) groups is 1. The van der Waals surface area contributed by atoms with Gasteiger partial charge in [0.15, 0.2) is 0 Å². The maximum absolute atomic E-state index is 12.1. The van der Waals surface area contributed by atoms with E-state index in [9.17, 15) is 13.2 Å². The maximum Gasteiger partial charge on any atom is 0.339 e. The van der Waals surface area contributed by atoms with Crippen LogP contribution in [-0.4, -0.2) is 32.1 Å². The molecule has 0 aromatic heterocycles. The van der Waals surface area contributed by atoms with Crippen LogP contribution in [0.2, 0.25) is 0 Å². The van der Waals surface area contributed by atoms with Gasteiger partial charge in [0, 0.05) is 0 Å². The molecule has 0 fully saturated rings. The van der Waals surface area contributed by atoms with Crippen molar-refractivity contribution in [1.29, 1.82) is 0 Å². The number of benzene rings is 1. The van der Waals surface area contributed by atoms with E-state index in [2.05, 4.69) is 10.6 Å². The molecule has 1 aromatic carbocycles. The number of terminal acetylenes is 1. The molecule has 7 heteroatoms. The second-order valence-corrected chi connectivity index (χ2v) is 6.22. The van der Waals surface area contributed by atoms with Gasteiger partial charge < -0.3 is 9.84 Å². The largest absolute Gasteiger partial charge is 0.496 e. The zero-order valence-electron chi connectivity index (χ0n) is 11.3. The quantitative estimate of drug-likeness (QED) is 0.793. The molecule has 0 saturated carbocycles. The van der Waals surface area contributed by atoms with Crippen LogP contribution >= 0.6 is 0 Å². The van der Waals surface area contributed by atoms with Crippen LogP contribution < -0.4 is 9.46 Å². The Bertz CT molecular complexity index is 670. The lowest BCUT2D eigenvalue weighted by molar-refractivity contribution is 0.0693. The molecule has 0 aliphatic carbocycles. The van der Waals surface area contributed by atoms with Gasteiger partial charge in [0.25, 0.3) is 0 Å².